The second-order valence-corrected chi connectivity index (χ2v) is 6.12. The fourth-order valence-electron chi connectivity index (χ4n) is 1.94. The molecule has 1 aliphatic rings. The molecule has 0 radical (unpaired) electrons. The molecule has 0 aromatic rings. The molecule has 3 N–H and O–H groups in total. The van der Waals surface area contributed by atoms with Gasteiger partial charge in [0.25, 0.3) is 0 Å². The first-order valence-corrected chi connectivity index (χ1v) is 7.68. The first-order chi connectivity index (χ1) is 9.38. The van der Waals surface area contributed by atoms with E-state index in [1.807, 2.05) is 4.90 Å². The average molecular weight is 303 g/mol. The van der Waals surface area contributed by atoms with Gasteiger partial charge >= 0.3 is 12.0 Å². The maximum Gasteiger partial charge on any atom is 0.321 e. The molecule has 1 aliphatic heterocycles. The summed E-state index contributed by atoms with van der Waals surface area (Å²) in [6.45, 7) is 4.30. The average Bonchev–Trinajstić information content (AvgIpc) is 2.29. The number of nitrogens with zero attached hydrogens (tertiary/aromatic N) is 1. The molecule has 3 amide bonds. The third-order valence-corrected chi connectivity index (χ3v) is 3.87. The summed E-state index contributed by atoms with van der Waals surface area (Å²) < 4.78 is 0. The molecule has 0 bridgehead atoms. The Bertz CT molecular complexity index is 376. The summed E-state index contributed by atoms with van der Waals surface area (Å²) in [6, 6.07) is -0.731. The van der Waals surface area contributed by atoms with Gasteiger partial charge in [-0.1, -0.05) is 0 Å². The Morgan fingerprint density at radius 3 is 2.70 bits per heavy atom. The van der Waals surface area contributed by atoms with Gasteiger partial charge < -0.3 is 10.4 Å². The Kier molecular flexibility index (Phi) is 6.80. The molecule has 0 aliphatic carbocycles. The fourth-order valence-corrected chi connectivity index (χ4v) is 3.07. The van der Waals surface area contributed by atoms with Gasteiger partial charge in [-0.25, -0.2) is 4.79 Å². The maximum absolute atomic E-state index is 11.8. The lowest BCUT2D eigenvalue weighted by molar-refractivity contribution is -0.138. The number of carbonyl (C=O) groups excluding carboxylic acids is 2. The molecule has 0 spiro atoms. The maximum atomic E-state index is 11.8. The van der Waals surface area contributed by atoms with Gasteiger partial charge in [0.05, 0.1) is 13.0 Å². The minimum Gasteiger partial charge on any atom is -0.481 e. The van der Waals surface area contributed by atoms with E-state index in [1.165, 1.54) is 0 Å². The molecule has 0 saturated carbocycles. The lowest BCUT2D eigenvalue weighted by atomic mass is 10.2. The van der Waals surface area contributed by atoms with Gasteiger partial charge in [0.2, 0.25) is 5.91 Å². The topological polar surface area (TPSA) is 98.7 Å². The molecule has 1 rings (SSSR count). The number of hydrogen-bond donors (Lipinski definition) is 3. The molecular formula is C12H21N3O4S. The van der Waals surface area contributed by atoms with Gasteiger partial charge in [0, 0.05) is 30.1 Å². The van der Waals surface area contributed by atoms with Gasteiger partial charge in [-0.2, -0.15) is 11.8 Å². The van der Waals surface area contributed by atoms with Crippen LogP contribution in [0.1, 0.15) is 20.3 Å². The smallest absolute Gasteiger partial charge is 0.321 e. The van der Waals surface area contributed by atoms with Crippen LogP contribution in [0.4, 0.5) is 4.79 Å². The SMILES string of the molecule is CC(C)NC(=O)NC(=O)CN1CCSCC1CC(=O)O. The van der Waals surface area contributed by atoms with Crippen molar-refractivity contribution in [2.45, 2.75) is 32.4 Å². The van der Waals surface area contributed by atoms with Crippen molar-refractivity contribution in [3.8, 4) is 0 Å². The van der Waals surface area contributed by atoms with Crippen molar-refractivity contribution in [1.29, 1.82) is 0 Å². The molecule has 1 fully saturated rings. The number of amides is 3. The largest absolute Gasteiger partial charge is 0.481 e. The van der Waals surface area contributed by atoms with E-state index in [9.17, 15) is 14.4 Å². The zero-order valence-corrected chi connectivity index (χ0v) is 12.5. The highest BCUT2D eigenvalue weighted by molar-refractivity contribution is 7.99. The zero-order valence-electron chi connectivity index (χ0n) is 11.7. The second-order valence-electron chi connectivity index (χ2n) is 4.97. The summed E-state index contributed by atoms with van der Waals surface area (Å²) in [7, 11) is 0. The minimum atomic E-state index is -0.875. The predicted octanol–water partition coefficient (Wildman–Crippen LogP) is 0.113. The Hall–Kier alpha value is -1.28. The van der Waals surface area contributed by atoms with Gasteiger partial charge in [-0.05, 0) is 13.8 Å². The predicted molar refractivity (Wildman–Crippen MR) is 76.7 cm³/mol. The highest BCUT2D eigenvalue weighted by Gasteiger charge is 2.26. The standard InChI is InChI=1S/C12H21N3O4S/c1-8(2)13-12(19)14-10(16)6-15-3-4-20-7-9(15)5-11(17)18/h8-9H,3-7H2,1-2H3,(H,17,18)(H2,13,14,16,19). The van der Waals surface area contributed by atoms with Crippen LogP contribution in [-0.2, 0) is 9.59 Å². The minimum absolute atomic E-state index is 0.0124. The fraction of sp³-hybridized carbons (Fsp3) is 0.750. The molecule has 1 unspecified atom stereocenters. The number of nitrogens with one attached hydrogen (secondary N) is 2. The first-order valence-electron chi connectivity index (χ1n) is 6.52. The summed E-state index contributed by atoms with van der Waals surface area (Å²) in [5, 5.41) is 13.7. The van der Waals surface area contributed by atoms with Crippen molar-refractivity contribution in [2.24, 2.45) is 0 Å². The monoisotopic (exact) mass is 303 g/mol. The summed E-state index contributed by atoms with van der Waals surface area (Å²) in [6.07, 6.45) is 0.0124. The number of carbonyl (C=O) groups is 3. The van der Waals surface area contributed by atoms with Crippen LogP contribution in [0, 0.1) is 0 Å². The lowest BCUT2D eigenvalue weighted by Gasteiger charge is -2.33. The molecule has 20 heavy (non-hydrogen) atoms. The Balaban J connectivity index is 2.45. The van der Waals surface area contributed by atoms with E-state index in [0.29, 0.717) is 12.3 Å². The van der Waals surface area contributed by atoms with Crippen LogP contribution in [0.2, 0.25) is 0 Å². The van der Waals surface area contributed by atoms with Crippen LogP contribution in [-0.4, -0.2) is 64.6 Å². The highest BCUT2D eigenvalue weighted by atomic mass is 32.2. The summed E-state index contributed by atoms with van der Waals surface area (Å²) in [5.74, 6) is 0.269. The van der Waals surface area contributed by atoms with Gasteiger partial charge in [-0.3, -0.25) is 19.8 Å². The number of thioether (sulfide) groups is 1. The van der Waals surface area contributed by atoms with Gasteiger partial charge in [-0.15, -0.1) is 0 Å². The number of hydrogen-bond acceptors (Lipinski definition) is 5. The molecule has 1 saturated heterocycles. The van der Waals surface area contributed by atoms with Crippen LogP contribution in [0.25, 0.3) is 0 Å². The van der Waals surface area contributed by atoms with Crippen molar-refractivity contribution in [2.75, 3.05) is 24.6 Å². The summed E-state index contributed by atoms with van der Waals surface area (Å²) >= 11 is 1.68. The zero-order chi connectivity index (χ0) is 15.1. The number of aliphatic carboxylic acids is 1. The van der Waals surface area contributed by atoms with Crippen molar-refractivity contribution < 1.29 is 19.5 Å². The molecule has 0 aromatic carbocycles. The van der Waals surface area contributed by atoms with Gasteiger partial charge in [0.15, 0.2) is 0 Å². The van der Waals surface area contributed by atoms with Crippen molar-refractivity contribution in [3.63, 3.8) is 0 Å². The number of carboxylic acid groups (broad SMARTS) is 1. The molecule has 114 valence electrons. The Morgan fingerprint density at radius 2 is 2.10 bits per heavy atom. The Morgan fingerprint density at radius 1 is 1.40 bits per heavy atom. The van der Waals surface area contributed by atoms with E-state index >= 15 is 0 Å². The van der Waals surface area contributed by atoms with Crippen molar-refractivity contribution in [3.05, 3.63) is 0 Å². The molecule has 1 atom stereocenters. The van der Waals surface area contributed by atoms with E-state index in [4.69, 9.17) is 5.11 Å². The third-order valence-electron chi connectivity index (χ3n) is 2.78. The van der Waals surface area contributed by atoms with Crippen LogP contribution in [0.3, 0.4) is 0 Å². The van der Waals surface area contributed by atoms with E-state index in [-0.39, 0.29) is 25.0 Å². The van der Waals surface area contributed by atoms with E-state index in [1.54, 1.807) is 25.6 Å². The molecule has 8 heteroatoms. The number of urea groups is 1. The number of imide groups is 1. The molecule has 7 nitrogen and oxygen atoms in total. The van der Waals surface area contributed by atoms with Crippen LogP contribution < -0.4 is 10.6 Å². The van der Waals surface area contributed by atoms with E-state index in [2.05, 4.69) is 10.6 Å². The number of carboxylic acids is 1. The second kappa shape index (κ2) is 8.11. The Labute approximate surface area is 122 Å². The summed E-state index contributed by atoms with van der Waals surface area (Å²) in [4.78, 5) is 35.8. The molecular weight excluding hydrogens is 282 g/mol. The van der Waals surface area contributed by atoms with Crippen LogP contribution >= 0.6 is 11.8 Å². The van der Waals surface area contributed by atoms with Crippen LogP contribution in [0.5, 0.6) is 0 Å². The van der Waals surface area contributed by atoms with E-state index in [0.717, 1.165) is 5.75 Å². The normalized spacial score (nSPS) is 19.6. The quantitative estimate of drug-likeness (QED) is 0.667. The van der Waals surface area contributed by atoms with Gasteiger partial charge in [0.1, 0.15) is 0 Å². The number of rotatable bonds is 5. The van der Waals surface area contributed by atoms with Crippen molar-refractivity contribution >= 4 is 29.7 Å². The lowest BCUT2D eigenvalue weighted by Crippen LogP contribution is -2.51. The molecule has 0 aromatic heterocycles. The van der Waals surface area contributed by atoms with Crippen LogP contribution in [0.15, 0.2) is 0 Å². The molecule has 1 heterocycles. The first kappa shape index (κ1) is 16.8. The van der Waals surface area contributed by atoms with E-state index < -0.39 is 17.9 Å². The van der Waals surface area contributed by atoms with Crippen molar-refractivity contribution in [1.82, 2.24) is 15.5 Å². The highest BCUT2D eigenvalue weighted by Crippen LogP contribution is 2.18. The summed E-state index contributed by atoms with van der Waals surface area (Å²) in [5.41, 5.74) is 0. The third kappa shape index (κ3) is 6.25.